The normalized spacial score (nSPS) is 10.3. The lowest BCUT2D eigenvalue weighted by molar-refractivity contribution is 0.0937. The third-order valence-corrected chi connectivity index (χ3v) is 3.17. The van der Waals surface area contributed by atoms with E-state index in [0.29, 0.717) is 31.1 Å². The first-order chi connectivity index (χ1) is 10.7. The number of aryl methyl sites for hydroxylation is 1. The molecule has 0 radical (unpaired) electrons. The molecule has 5 nitrogen and oxygen atoms in total. The van der Waals surface area contributed by atoms with Gasteiger partial charge in [-0.1, -0.05) is 29.8 Å². The van der Waals surface area contributed by atoms with Crippen LogP contribution in [0.2, 0.25) is 0 Å². The van der Waals surface area contributed by atoms with E-state index in [1.165, 1.54) is 11.1 Å². The van der Waals surface area contributed by atoms with Crippen LogP contribution in [-0.2, 0) is 11.3 Å². The SMILES string of the molecule is COCCNC(=O)c1ccnc(NCc2cccc(C)c2)c1. The molecule has 2 N–H and O–H groups in total. The minimum Gasteiger partial charge on any atom is -0.383 e. The molecule has 2 aromatic rings. The third-order valence-electron chi connectivity index (χ3n) is 3.17. The molecule has 0 fully saturated rings. The monoisotopic (exact) mass is 299 g/mol. The van der Waals surface area contributed by atoms with Gasteiger partial charge in [-0.3, -0.25) is 4.79 Å². The summed E-state index contributed by atoms with van der Waals surface area (Å²) in [5, 5.41) is 6.02. The number of nitrogens with zero attached hydrogens (tertiary/aromatic N) is 1. The van der Waals surface area contributed by atoms with E-state index in [9.17, 15) is 4.79 Å². The molecule has 0 aliphatic carbocycles. The predicted octanol–water partition coefficient (Wildman–Crippen LogP) is 2.38. The molecule has 0 spiro atoms. The molecule has 1 aromatic heterocycles. The Labute approximate surface area is 130 Å². The van der Waals surface area contributed by atoms with Gasteiger partial charge >= 0.3 is 0 Å². The van der Waals surface area contributed by atoms with E-state index >= 15 is 0 Å². The quantitative estimate of drug-likeness (QED) is 0.771. The standard InChI is InChI=1S/C17H21N3O2/c1-13-4-3-5-14(10-13)12-20-16-11-15(6-7-18-16)17(21)19-8-9-22-2/h3-7,10-11H,8-9,12H2,1-2H3,(H,18,20)(H,19,21). The number of methoxy groups -OCH3 is 1. The maximum atomic E-state index is 12.0. The van der Waals surface area contributed by atoms with Crippen molar-refractivity contribution in [3.8, 4) is 0 Å². The maximum Gasteiger partial charge on any atom is 0.251 e. The minimum atomic E-state index is -0.127. The van der Waals surface area contributed by atoms with Gasteiger partial charge < -0.3 is 15.4 Å². The highest BCUT2D eigenvalue weighted by molar-refractivity contribution is 5.94. The first kappa shape index (κ1) is 16.0. The molecule has 0 atom stereocenters. The fraction of sp³-hybridized carbons (Fsp3) is 0.294. The molecular weight excluding hydrogens is 278 g/mol. The molecule has 0 bridgehead atoms. The average Bonchev–Trinajstić information content (AvgIpc) is 2.53. The molecule has 1 heterocycles. The van der Waals surface area contributed by atoms with Gasteiger partial charge in [0.25, 0.3) is 5.91 Å². The smallest absolute Gasteiger partial charge is 0.251 e. The number of hydrogen-bond donors (Lipinski definition) is 2. The fourth-order valence-electron chi connectivity index (χ4n) is 2.05. The largest absolute Gasteiger partial charge is 0.383 e. The van der Waals surface area contributed by atoms with Crippen molar-refractivity contribution < 1.29 is 9.53 Å². The molecule has 1 aromatic carbocycles. The summed E-state index contributed by atoms with van der Waals surface area (Å²) >= 11 is 0. The number of aromatic nitrogens is 1. The van der Waals surface area contributed by atoms with Gasteiger partial charge in [0, 0.05) is 32.0 Å². The number of ether oxygens (including phenoxy) is 1. The van der Waals surface area contributed by atoms with Crippen molar-refractivity contribution in [2.24, 2.45) is 0 Å². The van der Waals surface area contributed by atoms with Gasteiger partial charge in [-0.25, -0.2) is 4.98 Å². The van der Waals surface area contributed by atoms with Crippen molar-refractivity contribution in [3.63, 3.8) is 0 Å². The molecule has 5 heteroatoms. The molecular formula is C17H21N3O2. The molecule has 2 rings (SSSR count). The Kier molecular flexibility index (Phi) is 5.91. The number of hydrogen-bond acceptors (Lipinski definition) is 4. The van der Waals surface area contributed by atoms with Crippen molar-refractivity contribution >= 4 is 11.7 Å². The summed E-state index contributed by atoms with van der Waals surface area (Å²) in [4.78, 5) is 16.2. The van der Waals surface area contributed by atoms with Crippen molar-refractivity contribution in [3.05, 3.63) is 59.3 Å². The predicted molar refractivity (Wildman–Crippen MR) is 87.0 cm³/mol. The maximum absolute atomic E-state index is 12.0. The summed E-state index contributed by atoms with van der Waals surface area (Å²) in [6.45, 7) is 3.72. The number of anilines is 1. The minimum absolute atomic E-state index is 0.127. The highest BCUT2D eigenvalue weighted by Crippen LogP contribution is 2.10. The number of pyridine rings is 1. The van der Waals surface area contributed by atoms with Crippen LogP contribution in [0, 0.1) is 6.92 Å². The zero-order valence-electron chi connectivity index (χ0n) is 12.9. The number of amides is 1. The van der Waals surface area contributed by atoms with E-state index in [-0.39, 0.29) is 5.91 Å². The number of rotatable bonds is 7. The fourth-order valence-corrected chi connectivity index (χ4v) is 2.05. The highest BCUT2D eigenvalue weighted by atomic mass is 16.5. The molecule has 0 saturated heterocycles. The first-order valence-corrected chi connectivity index (χ1v) is 7.21. The molecule has 0 aliphatic heterocycles. The van der Waals surface area contributed by atoms with E-state index in [1.807, 2.05) is 6.07 Å². The lowest BCUT2D eigenvalue weighted by atomic mass is 10.1. The Morgan fingerprint density at radius 1 is 1.27 bits per heavy atom. The topological polar surface area (TPSA) is 63.2 Å². The van der Waals surface area contributed by atoms with Gasteiger partial charge in [-0.15, -0.1) is 0 Å². The van der Waals surface area contributed by atoms with E-state index in [2.05, 4.69) is 40.7 Å². The summed E-state index contributed by atoms with van der Waals surface area (Å²) in [5.74, 6) is 0.555. The molecule has 1 amide bonds. The van der Waals surface area contributed by atoms with Crippen molar-refractivity contribution in [1.29, 1.82) is 0 Å². The first-order valence-electron chi connectivity index (χ1n) is 7.21. The Morgan fingerprint density at radius 2 is 2.14 bits per heavy atom. The molecule has 0 unspecified atom stereocenters. The number of carbonyl (C=O) groups is 1. The van der Waals surface area contributed by atoms with Crippen LogP contribution in [0.25, 0.3) is 0 Å². The Balaban J connectivity index is 1.95. The molecule has 116 valence electrons. The van der Waals surface area contributed by atoms with Crippen LogP contribution in [0.4, 0.5) is 5.82 Å². The van der Waals surface area contributed by atoms with Crippen LogP contribution < -0.4 is 10.6 Å². The van der Waals surface area contributed by atoms with E-state index in [4.69, 9.17) is 4.74 Å². The lowest BCUT2D eigenvalue weighted by Crippen LogP contribution is -2.27. The van der Waals surface area contributed by atoms with Crippen LogP contribution >= 0.6 is 0 Å². The second-order valence-electron chi connectivity index (χ2n) is 5.02. The highest BCUT2D eigenvalue weighted by Gasteiger charge is 2.06. The zero-order valence-corrected chi connectivity index (χ0v) is 12.9. The summed E-state index contributed by atoms with van der Waals surface area (Å²) in [7, 11) is 1.60. The third kappa shape index (κ3) is 4.86. The van der Waals surface area contributed by atoms with Gasteiger partial charge in [0.05, 0.1) is 6.61 Å². The summed E-state index contributed by atoms with van der Waals surface area (Å²) < 4.78 is 4.91. The number of carbonyl (C=O) groups excluding carboxylic acids is 1. The van der Waals surface area contributed by atoms with Gasteiger partial charge in [-0.05, 0) is 24.6 Å². The molecule has 0 aliphatic rings. The Morgan fingerprint density at radius 3 is 2.91 bits per heavy atom. The number of nitrogens with one attached hydrogen (secondary N) is 2. The van der Waals surface area contributed by atoms with Gasteiger partial charge in [-0.2, -0.15) is 0 Å². The van der Waals surface area contributed by atoms with Crippen LogP contribution in [0.15, 0.2) is 42.6 Å². The second kappa shape index (κ2) is 8.14. The van der Waals surface area contributed by atoms with Crippen molar-refractivity contribution in [2.45, 2.75) is 13.5 Å². The van der Waals surface area contributed by atoms with Gasteiger partial charge in [0.2, 0.25) is 0 Å². The van der Waals surface area contributed by atoms with E-state index < -0.39 is 0 Å². The molecule has 22 heavy (non-hydrogen) atoms. The van der Waals surface area contributed by atoms with E-state index in [0.717, 1.165) is 0 Å². The van der Waals surface area contributed by atoms with Crippen LogP contribution in [0.3, 0.4) is 0 Å². The van der Waals surface area contributed by atoms with Gasteiger partial charge in [0.1, 0.15) is 5.82 Å². The summed E-state index contributed by atoms with van der Waals surface area (Å²) in [6, 6.07) is 11.7. The second-order valence-corrected chi connectivity index (χ2v) is 5.02. The van der Waals surface area contributed by atoms with Crippen molar-refractivity contribution in [1.82, 2.24) is 10.3 Å². The summed E-state index contributed by atoms with van der Waals surface area (Å²) in [5.41, 5.74) is 2.98. The van der Waals surface area contributed by atoms with Crippen LogP contribution in [-0.4, -0.2) is 31.2 Å². The number of benzene rings is 1. The Hall–Kier alpha value is -2.40. The zero-order chi connectivity index (χ0) is 15.8. The van der Waals surface area contributed by atoms with Crippen molar-refractivity contribution in [2.75, 3.05) is 25.6 Å². The average molecular weight is 299 g/mol. The Bertz CT molecular complexity index is 629. The van der Waals surface area contributed by atoms with Crippen LogP contribution in [0.1, 0.15) is 21.5 Å². The molecule has 0 saturated carbocycles. The lowest BCUT2D eigenvalue weighted by Gasteiger charge is -2.08. The summed E-state index contributed by atoms with van der Waals surface area (Å²) in [6.07, 6.45) is 1.63. The van der Waals surface area contributed by atoms with E-state index in [1.54, 1.807) is 25.4 Å². The van der Waals surface area contributed by atoms with Gasteiger partial charge in [0.15, 0.2) is 0 Å². The van der Waals surface area contributed by atoms with Crippen LogP contribution in [0.5, 0.6) is 0 Å².